The van der Waals surface area contributed by atoms with Gasteiger partial charge < -0.3 is 5.11 Å². The van der Waals surface area contributed by atoms with Gasteiger partial charge in [-0.3, -0.25) is 4.79 Å². The highest BCUT2D eigenvalue weighted by Crippen LogP contribution is 1.90. The number of carbonyl (C=O) groups is 1. The van der Waals surface area contributed by atoms with Gasteiger partial charge in [-0.25, -0.2) is 21.6 Å². The van der Waals surface area contributed by atoms with E-state index in [-0.39, 0.29) is 13.0 Å². The quantitative estimate of drug-likeness (QED) is 0.570. The van der Waals surface area contributed by atoms with Crippen LogP contribution in [0.1, 0.15) is 6.42 Å². The zero-order valence-electron chi connectivity index (χ0n) is 8.13. The number of rotatable bonds is 7. The molecule has 0 aliphatic carbocycles. The first-order valence-corrected chi connectivity index (χ1v) is 7.70. The van der Waals surface area contributed by atoms with E-state index in [1.807, 2.05) is 4.72 Å². The van der Waals surface area contributed by atoms with Gasteiger partial charge >= 0.3 is 5.97 Å². The Morgan fingerprint density at radius 2 is 1.73 bits per heavy atom. The molecule has 0 aliphatic heterocycles. The van der Waals surface area contributed by atoms with Crippen molar-refractivity contribution in [3.8, 4) is 0 Å². The number of carboxylic acids is 1. The zero-order valence-corrected chi connectivity index (χ0v) is 9.77. The summed E-state index contributed by atoms with van der Waals surface area (Å²) < 4.78 is 45.5. The van der Waals surface area contributed by atoms with E-state index >= 15 is 0 Å². The van der Waals surface area contributed by atoms with E-state index in [0.29, 0.717) is 0 Å². The zero-order chi connectivity index (χ0) is 12.1. The average molecular weight is 259 g/mol. The molecule has 0 amide bonds. The fourth-order valence-corrected chi connectivity index (χ4v) is 3.29. The molecular formula is C6H13NO6S2. The maximum atomic E-state index is 11.1. The van der Waals surface area contributed by atoms with Crippen molar-refractivity contribution < 1.29 is 26.7 Å². The highest BCUT2D eigenvalue weighted by Gasteiger charge is 2.14. The molecule has 0 heterocycles. The van der Waals surface area contributed by atoms with Crippen LogP contribution in [0.15, 0.2) is 0 Å². The third-order valence-electron chi connectivity index (χ3n) is 1.38. The SMILES string of the molecule is CS(=O)(=O)CCS(=O)(=O)NCCC(=O)O. The Bertz CT molecular complexity index is 409. The number of nitrogens with one attached hydrogen (secondary N) is 1. The van der Waals surface area contributed by atoms with Gasteiger partial charge in [-0.05, 0) is 0 Å². The van der Waals surface area contributed by atoms with Crippen LogP contribution >= 0.6 is 0 Å². The third kappa shape index (κ3) is 9.63. The minimum atomic E-state index is -3.70. The van der Waals surface area contributed by atoms with Gasteiger partial charge in [0.2, 0.25) is 10.0 Å². The monoisotopic (exact) mass is 259 g/mol. The van der Waals surface area contributed by atoms with Crippen molar-refractivity contribution in [3.63, 3.8) is 0 Å². The number of carboxylic acid groups (broad SMARTS) is 1. The molecule has 0 aromatic carbocycles. The molecule has 0 spiro atoms. The van der Waals surface area contributed by atoms with E-state index < -0.39 is 37.3 Å². The van der Waals surface area contributed by atoms with Crippen molar-refractivity contribution in [1.29, 1.82) is 0 Å². The lowest BCUT2D eigenvalue weighted by atomic mass is 10.5. The summed E-state index contributed by atoms with van der Waals surface area (Å²) in [5.41, 5.74) is 0. The predicted molar refractivity (Wildman–Crippen MR) is 53.8 cm³/mol. The second-order valence-electron chi connectivity index (χ2n) is 2.99. The van der Waals surface area contributed by atoms with Crippen molar-refractivity contribution in [1.82, 2.24) is 4.72 Å². The summed E-state index contributed by atoms with van der Waals surface area (Å²) in [7, 11) is -7.04. The summed E-state index contributed by atoms with van der Waals surface area (Å²) in [6.45, 7) is -0.235. The van der Waals surface area contributed by atoms with Crippen LogP contribution in [0.5, 0.6) is 0 Å². The lowest BCUT2D eigenvalue weighted by molar-refractivity contribution is -0.136. The molecule has 0 saturated carbocycles. The number of hydrogen-bond donors (Lipinski definition) is 2. The van der Waals surface area contributed by atoms with Gasteiger partial charge in [0.05, 0.1) is 17.9 Å². The van der Waals surface area contributed by atoms with Crippen molar-refractivity contribution in [2.24, 2.45) is 0 Å². The summed E-state index contributed by atoms with van der Waals surface area (Å²) in [6.07, 6.45) is 0.595. The van der Waals surface area contributed by atoms with Crippen LogP contribution in [-0.4, -0.2) is 52.2 Å². The van der Waals surface area contributed by atoms with Gasteiger partial charge in [-0.2, -0.15) is 0 Å². The first kappa shape index (κ1) is 14.3. The molecule has 0 fully saturated rings. The van der Waals surface area contributed by atoms with E-state index in [2.05, 4.69) is 0 Å². The molecule has 0 rings (SSSR count). The maximum Gasteiger partial charge on any atom is 0.304 e. The van der Waals surface area contributed by atoms with Crippen LogP contribution in [0.2, 0.25) is 0 Å². The van der Waals surface area contributed by atoms with E-state index in [0.717, 1.165) is 6.26 Å². The van der Waals surface area contributed by atoms with Gasteiger partial charge in [0, 0.05) is 12.8 Å². The molecule has 0 aromatic rings. The molecule has 0 aromatic heterocycles. The highest BCUT2D eigenvalue weighted by molar-refractivity contribution is 7.93. The number of sulfone groups is 1. The molecule has 0 bridgehead atoms. The van der Waals surface area contributed by atoms with Crippen LogP contribution < -0.4 is 4.72 Å². The van der Waals surface area contributed by atoms with E-state index in [1.54, 1.807) is 0 Å². The standard InChI is InChI=1S/C6H13NO6S2/c1-14(10,11)4-5-15(12,13)7-3-2-6(8)9/h7H,2-5H2,1H3,(H,8,9). The smallest absolute Gasteiger partial charge is 0.304 e. The fourth-order valence-electron chi connectivity index (χ4n) is 0.647. The Kier molecular flexibility index (Phi) is 5.18. The van der Waals surface area contributed by atoms with E-state index in [1.165, 1.54) is 0 Å². The number of sulfonamides is 1. The topological polar surface area (TPSA) is 118 Å². The van der Waals surface area contributed by atoms with Gasteiger partial charge in [-0.1, -0.05) is 0 Å². The number of aliphatic carboxylic acids is 1. The minimum absolute atomic E-state index is 0.235. The molecule has 0 unspecified atom stereocenters. The van der Waals surface area contributed by atoms with Crippen LogP contribution in [0.25, 0.3) is 0 Å². The van der Waals surface area contributed by atoms with Crippen molar-refractivity contribution in [2.45, 2.75) is 6.42 Å². The molecule has 2 N–H and O–H groups in total. The lowest BCUT2D eigenvalue weighted by Crippen LogP contribution is -2.31. The summed E-state index contributed by atoms with van der Waals surface area (Å²) in [6, 6.07) is 0. The van der Waals surface area contributed by atoms with Crippen molar-refractivity contribution in [3.05, 3.63) is 0 Å². The largest absolute Gasteiger partial charge is 0.481 e. The van der Waals surface area contributed by atoms with E-state index in [4.69, 9.17) is 5.11 Å². The fraction of sp³-hybridized carbons (Fsp3) is 0.833. The molecule has 0 radical (unpaired) electrons. The van der Waals surface area contributed by atoms with Gasteiger partial charge in [-0.15, -0.1) is 0 Å². The van der Waals surface area contributed by atoms with Gasteiger partial charge in [0.1, 0.15) is 9.84 Å². The second kappa shape index (κ2) is 5.42. The Morgan fingerprint density at radius 1 is 1.20 bits per heavy atom. The first-order valence-electron chi connectivity index (χ1n) is 3.99. The van der Waals surface area contributed by atoms with Crippen molar-refractivity contribution in [2.75, 3.05) is 24.3 Å². The molecule has 15 heavy (non-hydrogen) atoms. The Balaban J connectivity index is 4.04. The van der Waals surface area contributed by atoms with Crippen LogP contribution in [-0.2, 0) is 24.7 Å². The molecule has 90 valence electrons. The van der Waals surface area contributed by atoms with Crippen LogP contribution in [0, 0.1) is 0 Å². The maximum absolute atomic E-state index is 11.1. The summed E-state index contributed by atoms with van der Waals surface area (Å²) in [4.78, 5) is 10.1. The highest BCUT2D eigenvalue weighted by atomic mass is 32.2. The van der Waals surface area contributed by atoms with E-state index in [9.17, 15) is 21.6 Å². The van der Waals surface area contributed by atoms with Crippen LogP contribution in [0.3, 0.4) is 0 Å². The predicted octanol–water partition coefficient (Wildman–Crippen LogP) is -1.57. The third-order valence-corrected chi connectivity index (χ3v) is 3.97. The molecule has 0 aliphatic rings. The second-order valence-corrected chi connectivity index (χ2v) is 7.17. The van der Waals surface area contributed by atoms with Crippen molar-refractivity contribution >= 4 is 25.8 Å². The Morgan fingerprint density at radius 3 is 2.13 bits per heavy atom. The average Bonchev–Trinajstić information content (AvgIpc) is 1.99. The summed E-state index contributed by atoms with van der Waals surface area (Å²) in [5, 5.41) is 8.24. The first-order chi connectivity index (χ1) is 6.62. The normalized spacial score (nSPS) is 12.6. The molecule has 0 saturated heterocycles. The van der Waals surface area contributed by atoms with Crippen LogP contribution in [0.4, 0.5) is 0 Å². The Labute approximate surface area is 88.5 Å². The number of hydrogen-bond acceptors (Lipinski definition) is 5. The lowest BCUT2D eigenvalue weighted by Gasteiger charge is -2.03. The molecule has 0 atom stereocenters. The van der Waals surface area contributed by atoms with Gasteiger partial charge in [0.15, 0.2) is 0 Å². The molecular weight excluding hydrogens is 246 g/mol. The summed E-state index contributed by atoms with van der Waals surface area (Å²) >= 11 is 0. The molecule has 9 heteroatoms. The summed E-state index contributed by atoms with van der Waals surface area (Å²) in [5.74, 6) is -2.15. The Hall–Kier alpha value is -0.670. The minimum Gasteiger partial charge on any atom is -0.481 e. The molecule has 7 nitrogen and oxygen atoms in total. The van der Waals surface area contributed by atoms with Gasteiger partial charge in [0.25, 0.3) is 0 Å².